The molecule has 1 aliphatic carbocycles. The third kappa shape index (κ3) is 2.37. The summed E-state index contributed by atoms with van der Waals surface area (Å²) in [4.78, 5) is 14.2. The fourth-order valence-electron chi connectivity index (χ4n) is 2.73. The van der Waals surface area contributed by atoms with E-state index in [-0.39, 0.29) is 5.92 Å². The molecule has 0 aromatic carbocycles. The van der Waals surface area contributed by atoms with Gasteiger partial charge in [0, 0.05) is 30.8 Å². The number of nitrogens with zero attached hydrogens (tertiary/aromatic N) is 3. The minimum Gasteiger partial charge on any atom is -0.396 e. The number of carbonyl (C=O) groups is 1. The number of likely N-dealkylation sites (tertiary alicyclic amines) is 1. The zero-order valence-corrected chi connectivity index (χ0v) is 11.2. The van der Waals surface area contributed by atoms with Gasteiger partial charge in [-0.2, -0.15) is 5.10 Å². The Bertz CT molecular complexity index is 515. The van der Waals surface area contributed by atoms with Crippen molar-refractivity contribution in [2.24, 2.45) is 5.92 Å². The molecule has 2 heterocycles. The molecule has 1 saturated heterocycles. The highest BCUT2D eigenvalue weighted by Crippen LogP contribution is 2.36. The van der Waals surface area contributed by atoms with Crippen molar-refractivity contribution in [3.05, 3.63) is 24.2 Å². The van der Waals surface area contributed by atoms with Crippen LogP contribution in [0.15, 0.2) is 24.2 Å². The number of carbonyl (C=O) groups excluding carboxylic acids is 1. The van der Waals surface area contributed by atoms with Crippen LogP contribution in [0.5, 0.6) is 0 Å². The lowest BCUT2D eigenvalue weighted by Gasteiger charge is -2.34. The van der Waals surface area contributed by atoms with E-state index in [4.69, 9.17) is 5.73 Å². The first-order chi connectivity index (χ1) is 9.19. The standard InChI is InChI=1S/C14H20N4O/c1-2-12-7-13(18-9-11(15)8-16-18)5-6-17(12)14(19)10-3-4-10/h2,8-10,13H,3-7,15H2,1H3/b12-2-. The van der Waals surface area contributed by atoms with Crippen molar-refractivity contribution in [3.8, 4) is 0 Å². The summed E-state index contributed by atoms with van der Waals surface area (Å²) < 4.78 is 1.93. The third-order valence-electron chi connectivity index (χ3n) is 4.00. The van der Waals surface area contributed by atoms with Crippen LogP contribution < -0.4 is 5.73 Å². The van der Waals surface area contributed by atoms with Gasteiger partial charge in [0.25, 0.3) is 0 Å². The second kappa shape index (κ2) is 4.72. The lowest BCUT2D eigenvalue weighted by atomic mass is 10.0. The van der Waals surface area contributed by atoms with Gasteiger partial charge in [0.05, 0.1) is 17.9 Å². The molecule has 3 rings (SSSR count). The summed E-state index contributed by atoms with van der Waals surface area (Å²) in [6.07, 6.45) is 9.52. The number of rotatable bonds is 2. The number of piperidine rings is 1. The Kier molecular flexibility index (Phi) is 3.05. The maximum atomic E-state index is 12.2. The van der Waals surface area contributed by atoms with Crippen molar-refractivity contribution >= 4 is 11.6 Å². The van der Waals surface area contributed by atoms with E-state index in [1.54, 1.807) is 6.20 Å². The zero-order chi connectivity index (χ0) is 13.4. The van der Waals surface area contributed by atoms with Crippen LogP contribution in [0.4, 0.5) is 5.69 Å². The number of allylic oxidation sites excluding steroid dienone is 2. The van der Waals surface area contributed by atoms with Crippen molar-refractivity contribution < 1.29 is 4.79 Å². The average molecular weight is 260 g/mol. The quantitative estimate of drug-likeness (QED) is 0.883. The molecule has 19 heavy (non-hydrogen) atoms. The van der Waals surface area contributed by atoms with Crippen LogP contribution in [0.3, 0.4) is 0 Å². The maximum Gasteiger partial charge on any atom is 0.229 e. The van der Waals surface area contributed by atoms with Crippen LogP contribution >= 0.6 is 0 Å². The van der Waals surface area contributed by atoms with E-state index < -0.39 is 0 Å². The minimum absolute atomic E-state index is 0.284. The molecular formula is C14H20N4O. The van der Waals surface area contributed by atoms with E-state index in [0.717, 1.165) is 37.9 Å². The summed E-state index contributed by atoms with van der Waals surface area (Å²) in [5.74, 6) is 0.596. The van der Waals surface area contributed by atoms with Gasteiger partial charge in [-0.05, 0) is 26.2 Å². The number of nitrogens with two attached hydrogens (primary N) is 1. The van der Waals surface area contributed by atoms with Gasteiger partial charge in [0.1, 0.15) is 0 Å². The molecule has 1 aromatic heterocycles. The van der Waals surface area contributed by atoms with Gasteiger partial charge < -0.3 is 10.6 Å². The SMILES string of the molecule is C/C=C1/CC(n2cc(N)cn2)CCN1C(=O)C1CC1. The lowest BCUT2D eigenvalue weighted by molar-refractivity contribution is -0.131. The second-order valence-corrected chi connectivity index (χ2v) is 5.44. The predicted octanol–water partition coefficient (Wildman–Crippen LogP) is 1.94. The Hall–Kier alpha value is -1.78. The highest BCUT2D eigenvalue weighted by atomic mass is 16.2. The molecule has 102 valence electrons. The van der Waals surface area contributed by atoms with E-state index in [9.17, 15) is 4.79 Å². The van der Waals surface area contributed by atoms with Gasteiger partial charge in [-0.25, -0.2) is 0 Å². The van der Waals surface area contributed by atoms with Crippen LogP contribution in [0.1, 0.15) is 38.6 Å². The Morgan fingerprint density at radius 1 is 1.47 bits per heavy atom. The summed E-state index contributed by atoms with van der Waals surface area (Å²) in [5.41, 5.74) is 7.53. The topological polar surface area (TPSA) is 64.2 Å². The predicted molar refractivity (Wildman–Crippen MR) is 73.1 cm³/mol. The Balaban J connectivity index is 1.73. The molecule has 1 aliphatic heterocycles. The normalized spacial score (nSPS) is 25.8. The number of hydrogen-bond donors (Lipinski definition) is 1. The lowest BCUT2D eigenvalue weighted by Crippen LogP contribution is -2.38. The summed E-state index contributed by atoms with van der Waals surface area (Å²) in [6.45, 7) is 2.79. The van der Waals surface area contributed by atoms with Gasteiger partial charge in [0.2, 0.25) is 5.91 Å². The summed E-state index contributed by atoms with van der Waals surface area (Å²) in [7, 11) is 0. The molecule has 1 atom stereocenters. The largest absolute Gasteiger partial charge is 0.396 e. The Morgan fingerprint density at radius 2 is 2.26 bits per heavy atom. The number of hydrogen-bond acceptors (Lipinski definition) is 3. The monoisotopic (exact) mass is 260 g/mol. The molecule has 2 N–H and O–H groups in total. The maximum absolute atomic E-state index is 12.2. The summed E-state index contributed by atoms with van der Waals surface area (Å²) in [6, 6.07) is 0.312. The fourth-order valence-corrected chi connectivity index (χ4v) is 2.73. The molecule has 2 fully saturated rings. The van der Waals surface area contributed by atoms with Gasteiger partial charge in [-0.3, -0.25) is 9.48 Å². The molecule has 0 radical (unpaired) electrons. The van der Waals surface area contributed by atoms with E-state index >= 15 is 0 Å². The van der Waals surface area contributed by atoms with Gasteiger partial charge in [-0.15, -0.1) is 0 Å². The number of amides is 1. The van der Waals surface area contributed by atoms with E-state index in [1.807, 2.05) is 22.7 Å². The molecule has 1 amide bonds. The van der Waals surface area contributed by atoms with Gasteiger partial charge >= 0.3 is 0 Å². The second-order valence-electron chi connectivity index (χ2n) is 5.44. The van der Waals surface area contributed by atoms with Crippen LogP contribution in [-0.4, -0.2) is 27.1 Å². The van der Waals surface area contributed by atoms with E-state index in [2.05, 4.69) is 11.2 Å². The smallest absolute Gasteiger partial charge is 0.229 e. The van der Waals surface area contributed by atoms with Crippen molar-refractivity contribution in [3.63, 3.8) is 0 Å². The van der Waals surface area contributed by atoms with Crippen LogP contribution in [-0.2, 0) is 4.79 Å². The minimum atomic E-state index is 0.284. The molecule has 1 unspecified atom stereocenters. The van der Waals surface area contributed by atoms with Gasteiger partial charge in [-0.1, -0.05) is 6.08 Å². The third-order valence-corrected chi connectivity index (χ3v) is 4.00. The summed E-state index contributed by atoms with van der Waals surface area (Å²) >= 11 is 0. The highest BCUT2D eigenvalue weighted by Gasteiger charge is 2.37. The molecule has 2 aliphatic rings. The fraction of sp³-hybridized carbons (Fsp3) is 0.571. The molecule has 5 nitrogen and oxygen atoms in total. The van der Waals surface area contributed by atoms with Crippen LogP contribution in [0.2, 0.25) is 0 Å². The number of nitrogen functional groups attached to an aromatic ring is 1. The molecule has 1 saturated carbocycles. The van der Waals surface area contributed by atoms with Crippen molar-refractivity contribution in [2.45, 2.75) is 38.6 Å². The van der Waals surface area contributed by atoms with Crippen molar-refractivity contribution in [1.82, 2.24) is 14.7 Å². The van der Waals surface area contributed by atoms with Crippen molar-refractivity contribution in [2.75, 3.05) is 12.3 Å². The van der Waals surface area contributed by atoms with Crippen LogP contribution in [0.25, 0.3) is 0 Å². The highest BCUT2D eigenvalue weighted by molar-refractivity contribution is 5.82. The number of anilines is 1. The van der Waals surface area contributed by atoms with E-state index in [1.165, 1.54) is 0 Å². The molecule has 0 bridgehead atoms. The molecule has 1 aromatic rings. The van der Waals surface area contributed by atoms with E-state index in [0.29, 0.717) is 17.6 Å². The van der Waals surface area contributed by atoms with Crippen LogP contribution in [0, 0.1) is 5.92 Å². The first-order valence-electron chi connectivity index (χ1n) is 6.95. The molecule has 5 heteroatoms. The van der Waals surface area contributed by atoms with Gasteiger partial charge in [0.15, 0.2) is 0 Å². The first-order valence-corrected chi connectivity index (χ1v) is 6.95. The molecular weight excluding hydrogens is 240 g/mol. The Labute approximate surface area is 113 Å². The first kappa shape index (κ1) is 12.3. The Morgan fingerprint density at radius 3 is 2.84 bits per heavy atom. The zero-order valence-electron chi connectivity index (χ0n) is 11.2. The molecule has 0 spiro atoms. The number of aromatic nitrogens is 2. The summed E-state index contributed by atoms with van der Waals surface area (Å²) in [5, 5.41) is 4.29. The average Bonchev–Trinajstić information content (AvgIpc) is 3.19. The van der Waals surface area contributed by atoms with Crippen molar-refractivity contribution in [1.29, 1.82) is 0 Å².